The predicted octanol–water partition coefficient (Wildman–Crippen LogP) is 1.32. The van der Waals surface area contributed by atoms with E-state index in [0.29, 0.717) is 13.1 Å². The van der Waals surface area contributed by atoms with Gasteiger partial charge in [0.05, 0.1) is 12.7 Å². The highest BCUT2D eigenvalue weighted by Crippen LogP contribution is 2.14. The number of aromatic nitrogens is 2. The molecule has 4 nitrogen and oxygen atoms in total. The maximum absolute atomic E-state index is 6.02. The number of rotatable bonds is 4. The van der Waals surface area contributed by atoms with Crippen LogP contribution in [0.4, 0.5) is 5.82 Å². The van der Waals surface area contributed by atoms with Crippen molar-refractivity contribution in [2.45, 2.75) is 19.9 Å². The third kappa shape index (κ3) is 2.65. The number of aryl methyl sites for hydroxylation is 1. The van der Waals surface area contributed by atoms with Gasteiger partial charge < -0.3 is 11.5 Å². The lowest BCUT2D eigenvalue weighted by atomic mass is 10.1. The fraction of sp³-hybridized carbons (Fsp3) is 0.308. The SMILES string of the molecule is Cc1cccc(Cn2ncc(CCN)c2N)c1. The van der Waals surface area contributed by atoms with Crippen molar-refractivity contribution in [2.24, 2.45) is 5.73 Å². The van der Waals surface area contributed by atoms with Gasteiger partial charge in [-0.25, -0.2) is 4.68 Å². The van der Waals surface area contributed by atoms with Crippen LogP contribution < -0.4 is 11.5 Å². The molecule has 1 aromatic carbocycles. The van der Waals surface area contributed by atoms with E-state index in [2.05, 4.69) is 30.2 Å². The van der Waals surface area contributed by atoms with Crippen LogP contribution in [0.1, 0.15) is 16.7 Å². The maximum Gasteiger partial charge on any atom is 0.125 e. The molecule has 0 saturated carbocycles. The van der Waals surface area contributed by atoms with Gasteiger partial charge >= 0.3 is 0 Å². The summed E-state index contributed by atoms with van der Waals surface area (Å²) in [6.07, 6.45) is 2.58. The summed E-state index contributed by atoms with van der Waals surface area (Å²) in [5.74, 6) is 0.719. The minimum Gasteiger partial charge on any atom is -0.384 e. The quantitative estimate of drug-likeness (QED) is 0.832. The van der Waals surface area contributed by atoms with E-state index in [4.69, 9.17) is 11.5 Å². The molecule has 4 N–H and O–H groups in total. The van der Waals surface area contributed by atoms with E-state index in [9.17, 15) is 0 Å². The third-order valence-corrected chi connectivity index (χ3v) is 2.79. The summed E-state index contributed by atoms with van der Waals surface area (Å²) in [5, 5.41) is 4.30. The summed E-state index contributed by atoms with van der Waals surface area (Å²) < 4.78 is 1.82. The predicted molar refractivity (Wildman–Crippen MR) is 69.7 cm³/mol. The number of nitrogens with zero attached hydrogens (tertiary/aromatic N) is 2. The van der Waals surface area contributed by atoms with Gasteiger partial charge in [-0.3, -0.25) is 0 Å². The Bertz CT molecular complexity index is 502. The van der Waals surface area contributed by atoms with E-state index >= 15 is 0 Å². The lowest BCUT2D eigenvalue weighted by Crippen LogP contribution is -2.08. The zero-order chi connectivity index (χ0) is 12.3. The second-order valence-electron chi connectivity index (χ2n) is 4.24. The highest BCUT2D eigenvalue weighted by atomic mass is 15.3. The van der Waals surface area contributed by atoms with Crippen LogP contribution in [0.2, 0.25) is 0 Å². The Morgan fingerprint density at radius 2 is 2.18 bits per heavy atom. The molecule has 90 valence electrons. The van der Waals surface area contributed by atoms with Gasteiger partial charge in [0, 0.05) is 5.56 Å². The molecule has 17 heavy (non-hydrogen) atoms. The van der Waals surface area contributed by atoms with Gasteiger partial charge in [-0.15, -0.1) is 0 Å². The molecular weight excluding hydrogens is 212 g/mol. The number of nitrogen functional groups attached to an aromatic ring is 1. The van der Waals surface area contributed by atoms with Gasteiger partial charge in [-0.05, 0) is 25.5 Å². The lowest BCUT2D eigenvalue weighted by Gasteiger charge is -2.06. The molecule has 4 heteroatoms. The average molecular weight is 230 g/mol. The molecule has 0 radical (unpaired) electrons. The Labute approximate surface area is 101 Å². The van der Waals surface area contributed by atoms with E-state index in [0.717, 1.165) is 17.8 Å². The van der Waals surface area contributed by atoms with Crippen LogP contribution >= 0.6 is 0 Å². The Kier molecular flexibility index (Phi) is 3.44. The van der Waals surface area contributed by atoms with Crippen LogP contribution in [0, 0.1) is 6.92 Å². The zero-order valence-corrected chi connectivity index (χ0v) is 10.1. The van der Waals surface area contributed by atoms with Gasteiger partial charge in [0.2, 0.25) is 0 Å². The first-order valence-corrected chi connectivity index (χ1v) is 5.76. The van der Waals surface area contributed by atoms with Crippen LogP contribution in [0.3, 0.4) is 0 Å². The number of benzene rings is 1. The van der Waals surface area contributed by atoms with Gasteiger partial charge in [-0.2, -0.15) is 5.10 Å². The van der Waals surface area contributed by atoms with Crippen LogP contribution in [0.15, 0.2) is 30.5 Å². The minimum atomic E-state index is 0.598. The molecule has 0 aliphatic carbocycles. The number of nitrogens with two attached hydrogens (primary N) is 2. The molecule has 0 amide bonds. The molecule has 0 aliphatic rings. The van der Waals surface area contributed by atoms with Gasteiger partial charge in [0.25, 0.3) is 0 Å². The number of hydrogen-bond donors (Lipinski definition) is 2. The maximum atomic E-state index is 6.02. The molecule has 0 aliphatic heterocycles. The second kappa shape index (κ2) is 5.01. The van der Waals surface area contributed by atoms with Crippen molar-refractivity contribution in [3.05, 3.63) is 47.2 Å². The Hall–Kier alpha value is -1.81. The van der Waals surface area contributed by atoms with E-state index in [1.54, 1.807) is 6.20 Å². The normalized spacial score (nSPS) is 10.7. The summed E-state index contributed by atoms with van der Waals surface area (Å²) in [6, 6.07) is 8.35. The van der Waals surface area contributed by atoms with Crippen molar-refractivity contribution < 1.29 is 0 Å². The fourth-order valence-electron chi connectivity index (χ4n) is 1.89. The lowest BCUT2D eigenvalue weighted by molar-refractivity contribution is 0.696. The molecule has 0 spiro atoms. The molecule has 1 heterocycles. The Morgan fingerprint density at radius 1 is 1.35 bits per heavy atom. The Balaban J connectivity index is 2.19. The van der Waals surface area contributed by atoms with Crippen molar-refractivity contribution in [3.63, 3.8) is 0 Å². The van der Waals surface area contributed by atoms with Crippen LogP contribution in [-0.2, 0) is 13.0 Å². The molecule has 0 atom stereocenters. The molecule has 0 fully saturated rings. The summed E-state index contributed by atoms with van der Waals surface area (Å²) in [4.78, 5) is 0. The summed E-state index contributed by atoms with van der Waals surface area (Å²) in [7, 11) is 0. The topological polar surface area (TPSA) is 69.9 Å². The molecule has 2 rings (SSSR count). The van der Waals surface area contributed by atoms with E-state index in [1.807, 2.05) is 10.7 Å². The molecule has 0 unspecified atom stereocenters. The Morgan fingerprint density at radius 3 is 2.88 bits per heavy atom. The number of hydrogen-bond acceptors (Lipinski definition) is 3. The van der Waals surface area contributed by atoms with Crippen molar-refractivity contribution in [1.82, 2.24) is 9.78 Å². The van der Waals surface area contributed by atoms with Crippen LogP contribution in [0.5, 0.6) is 0 Å². The summed E-state index contributed by atoms with van der Waals surface area (Å²) >= 11 is 0. The third-order valence-electron chi connectivity index (χ3n) is 2.79. The van der Waals surface area contributed by atoms with Crippen molar-refractivity contribution >= 4 is 5.82 Å². The molecule has 0 saturated heterocycles. The summed E-state index contributed by atoms with van der Waals surface area (Å²) in [6.45, 7) is 3.38. The molecule has 1 aromatic heterocycles. The first kappa shape index (κ1) is 11.7. The average Bonchev–Trinajstić information content (AvgIpc) is 2.62. The monoisotopic (exact) mass is 230 g/mol. The van der Waals surface area contributed by atoms with E-state index in [1.165, 1.54) is 11.1 Å². The van der Waals surface area contributed by atoms with Gasteiger partial charge in [0.15, 0.2) is 0 Å². The van der Waals surface area contributed by atoms with Gasteiger partial charge in [0.1, 0.15) is 5.82 Å². The number of anilines is 1. The van der Waals surface area contributed by atoms with Crippen molar-refractivity contribution in [2.75, 3.05) is 12.3 Å². The van der Waals surface area contributed by atoms with Crippen LogP contribution in [0.25, 0.3) is 0 Å². The van der Waals surface area contributed by atoms with Gasteiger partial charge in [-0.1, -0.05) is 29.8 Å². The van der Waals surface area contributed by atoms with Crippen LogP contribution in [-0.4, -0.2) is 16.3 Å². The largest absolute Gasteiger partial charge is 0.384 e. The first-order valence-electron chi connectivity index (χ1n) is 5.76. The zero-order valence-electron chi connectivity index (χ0n) is 10.1. The van der Waals surface area contributed by atoms with E-state index in [-0.39, 0.29) is 0 Å². The minimum absolute atomic E-state index is 0.598. The molecule has 0 bridgehead atoms. The van der Waals surface area contributed by atoms with Crippen molar-refractivity contribution in [1.29, 1.82) is 0 Å². The smallest absolute Gasteiger partial charge is 0.125 e. The highest BCUT2D eigenvalue weighted by molar-refractivity contribution is 5.39. The summed E-state index contributed by atoms with van der Waals surface area (Å²) in [5.41, 5.74) is 15.0. The molecule has 2 aromatic rings. The standard InChI is InChI=1S/C13H18N4/c1-10-3-2-4-11(7-10)9-17-13(15)12(5-6-14)8-16-17/h2-4,7-8H,5-6,9,14-15H2,1H3. The second-order valence-corrected chi connectivity index (χ2v) is 4.24. The van der Waals surface area contributed by atoms with E-state index < -0.39 is 0 Å². The molecular formula is C13H18N4. The van der Waals surface area contributed by atoms with Crippen molar-refractivity contribution in [3.8, 4) is 0 Å². The highest BCUT2D eigenvalue weighted by Gasteiger charge is 2.06. The fourth-order valence-corrected chi connectivity index (χ4v) is 1.89. The first-order chi connectivity index (χ1) is 8.20.